The summed E-state index contributed by atoms with van der Waals surface area (Å²) >= 11 is 5.78. The lowest BCUT2D eigenvalue weighted by molar-refractivity contribution is 0.0942. The minimum atomic E-state index is -0.132. The Bertz CT molecular complexity index is 476. The molecule has 102 valence electrons. The second kappa shape index (κ2) is 5.47. The van der Waals surface area contributed by atoms with Gasteiger partial charge in [-0.3, -0.25) is 4.79 Å². The van der Waals surface area contributed by atoms with E-state index in [1.165, 1.54) is 25.8 Å². The van der Waals surface area contributed by atoms with Crippen LogP contribution in [0, 0.1) is 5.92 Å². The van der Waals surface area contributed by atoms with Crippen LogP contribution in [-0.2, 0) is 0 Å². The number of carbonyl (C=O) groups excluding carboxylic acids is 1. The van der Waals surface area contributed by atoms with Crippen molar-refractivity contribution >= 4 is 17.5 Å². The molecule has 1 atom stereocenters. The summed E-state index contributed by atoms with van der Waals surface area (Å²) < 4.78 is 0. The van der Waals surface area contributed by atoms with Gasteiger partial charge in [-0.15, -0.1) is 0 Å². The van der Waals surface area contributed by atoms with E-state index in [0.717, 1.165) is 19.1 Å². The molecular weight excluding hydrogens is 262 g/mol. The minimum absolute atomic E-state index is 0.132. The summed E-state index contributed by atoms with van der Waals surface area (Å²) in [5.74, 6) is 0.441. The highest BCUT2D eigenvalue weighted by molar-refractivity contribution is 6.29. The van der Waals surface area contributed by atoms with Gasteiger partial charge < -0.3 is 10.2 Å². The molecule has 0 aromatic carbocycles. The van der Waals surface area contributed by atoms with Crippen molar-refractivity contribution in [3.05, 3.63) is 29.0 Å². The number of nitrogens with one attached hydrogen (secondary N) is 1. The van der Waals surface area contributed by atoms with Crippen LogP contribution in [0.1, 0.15) is 29.8 Å². The van der Waals surface area contributed by atoms with E-state index >= 15 is 0 Å². The molecule has 0 spiro atoms. The van der Waals surface area contributed by atoms with Crippen LogP contribution in [0.4, 0.5) is 0 Å². The van der Waals surface area contributed by atoms with Crippen molar-refractivity contribution < 1.29 is 4.79 Å². The van der Waals surface area contributed by atoms with Gasteiger partial charge in [-0.25, -0.2) is 4.98 Å². The van der Waals surface area contributed by atoms with Gasteiger partial charge in [-0.2, -0.15) is 0 Å². The first-order chi connectivity index (χ1) is 9.22. The zero-order valence-electron chi connectivity index (χ0n) is 10.8. The second-order valence-corrected chi connectivity index (χ2v) is 5.82. The molecule has 0 bridgehead atoms. The number of hydrogen-bond donors (Lipinski definition) is 1. The topological polar surface area (TPSA) is 45.2 Å². The lowest BCUT2D eigenvalue weighted by Gasteiger charge is -2.15. The molecule has 1 N–H and O–H groups in total. The van der Waals surface area contributed by atoms with Gasteiger partial charge in [0.2, 0.25) is 0 Å². The number of likely N-dealkylation sites (tertiary alicyclic amines) is 1. The molecule has 19 heavy (non-hydrogen) atoms. The fourth-order valence-electron chi connectivity index (χ4n) is 2.66. The molecule has 4 nitrogen and oxygen atoms in total. The molecule has 1 saturated carbocycles. The Hall–Kier alpha value is -1.13. The molecule has 1 aromatic heterocycles. The van der Waals surface area contributed by atoms with Crippen LogP contribution in [-0.4, -0.2) is 41.5 Å². The number of halogens is 1. The van der Waals surface area contributed by atoms with E-state index in [9.17, 15) is 4.79 Å². The van der Waals surface area contributed by atoms with Crippen LogP contribution in [0.5, 0.6) is 0 Å². The molecule has 1 aliphatic carbocycles. The molecule has 1 aromatic rings. The average molecular weight is 280 g/mol. The Morgan fingerprint density at radius 1 is 1.42 bits per heavy atom. The number of pyridine rings is 1. The van der Waals surface area contributed by atoms with Crippen LogP contribution in [0.3, 0.4) is 0 Å². The third kappa shape index (κ3) is 3.25. The van der Waals surface area contributed by atoms with Crippen LogP contribution < -0.4 is 5.32 Å². The SMILES string of the molecule is O=C(NCC1CCN(C2CC2)C1)c1cccc(Cl)n1. The highest BCUT2D eigenvalue weighted by atomic mass is 35.5. The summed E-state index contributed by atoms with van der Waals surface area (Å²) in [5, 5.41) is 3.32. The lowest BCUT2D eigenvalue weighted by atomic mass is 10.1. The minimum Gasteiger partial charge on any atom is -0.350 e. The Balaban J connectivity index is 1.48. The molecule has 1 aliphatic heterocycles. The summed E-state index contributed by atoms with van der Waals surface area (Å²) in [6.07, 6.45) is 3.89. The van der Waals surface area contributed by atoms with Crippen molar-refractivity contribution in [1.29, 1.82) is 0 Å². The van der Waals surface area contributed by atoms with E-state index in [1.54, 1.807) is 18.2 Å². The molecule has 0 radical (unpaired) electrons. The maximum Gasteiger partial charge on any atom is 0.269 e. The summed E-state index contributed by atoms with van der Waals surface area (Å²) in [4.78, 5) is 18.5. The van der Waals surface area contributed by atoms with Crippen LogP contribution >= 0.6 is 11.6 Å². The quantitative estimate of drug-likeness (QED) is 0.857. The zero-order chi connectivity index (χ0) is 13.2. The van der Waals surface area contributed by atoms with E-state index in [1.807, 2.05) is 0 Å². The van der Waals surface area contributed by atoms with Crippen molar-refractivity contribution in [2.45, 2.75) is 25.3 Å². The largest absolute Gasteiger partial charge is 0.350 e. The maximum atomic E-state index is 11.9. The fourth-order valence-corrected chi connectivity index (χ4v) is 2.83. The van der Waals surface area contributed by atoms with Crippen LogP contribution in [0.2, 0.25) is 5.15 Å². The number of aromatic nitrogens is 1. The first kappa shape index (κ1) is 12.9. The zero-order valence-corrected chi connectivity index (χ0v) is 11.6. The molecule has 2 heterocycles. The predicted molar refractivity (Wildman–Crippen MR) is 74.3 cm³/mol. The van der Waals surface area contributed by atoms with Gasteiger partial charge in [0.15, 0.2) is 0 Å². The number of carbonyl (C=O) groups is 1. The lowest BCUT2D eigenvalue weighted by Crippen LogP contribution is -2.31. The van der Waals surface area contributed by atoms with Gasteiger partial charge in [0, 0.05) is 19.1 Å². The van der Waals surface area contributed by atoms with Crippen molar-refractivity contribution in [2.75, 3.05) is 19.6 Å². The normalized spacial score (nSPS) is 23.5. The Morgan fingerprint density at radius 3 is 3.00 bits per heavy atom. The van der Waals surface area contributed by atoms with Crippen molar-refractivity contribution in [1.82, 2.24) is 15.2 Å². The monoisotopic (exact) mass is 279 g/mol. The Kier molecular flexibility index (Phi) is 3.71. The highest BCUT2D eigenvalue weighted by Gasteiger charge is 2.34. The molecular formula is C14H18ClN3O. The van der Waals surface area contributed by atoms with Gasteiger partial charge >= 0.3 is 0 Å². The third-order valence-electron chi connectivity index (χ3n) is 3.88. The summed E-state index contributed by atoms with van der Waals surface area (Å²) in [5.41, 5.74) is 0.393. The molecule has 2 aliphatic rings. The number of amides is 1. The molecule has 2 fully saturated rings. The third-order valence-corrected chi connectivity index (χ3v) is 4.09. The van der Waals surface area contributed by atoms with E-state index in [-0.39, 0.29) is 5.91 Å². The van der Waals surface area contributed by atoms with E-state index < -0.39 is 0 Å². The van der Waals surface area contributed by atoms with E-state index in [2.05, 4.69) is 15.2 Å². The molecule has 1 unspecified atom stereocenters. The van der Waals surface area contributed by atoms with Crippen molar-refractivity contribution in [3.63, 3.8) is 0 Å². The molecule has 1 amide bonds. The van der Waals surface area contributed by atoms with E-state index in [0.29, 0.717) is 16.8 Å². The average Bonchev–Trinajstić information content (AvgIpc) is 3.15. The van der Waals surface area contributed by atoms with E-state index in [4.69, 9.17) is 11.6 Å². The van der Waals surface area contributed by atoms with Crippen LogP contribution in [0.15, 0.2) is 18.2 Å². The molecule has 5 heteroatoms. The van der Waals surface area contributed by atoms with Gasteiger partial charge in [0.1, 0.15) is 10.8 Å². The standard InChI is InChI=1S/C14H18ClN3O/c15-13-3-1-2-12(17-13)14(19)16-8-10-6-7-18(9-10)11-4-5-11/h1-3,10-11H,4-9H2,(H,16,19). The Labute approximate surface area is 118 Å². The highest BCUT2D eigenvalue weighted by Crippen LogP contribution is 2.31. The van der Waals surface area contributed by atoms with Gasteiger partial charge in [-0.1, -0.05) is 17.7 Å². The summed E-state index contributed by atoms with van der Waals surface area (Å²) in [6.45, 7) is 3.03. The number of nitrogens with zero attached hydrogens (tertiary/aromatic N) is 2. The Morgan fingerprint density at radius 2 is 2.26 bits per heavy atom. The summed E-state index contributed by atoms with van der Waals surface area (Å²) in [6, 6.07) is 5.93. The first-order valence-corrected chi connectivity index (χ1v) is 7.25. The van der Waals surface area contributed by atoms with Crippen molar-refractivity contribution in [3.8, 4) is 0 Å². The van der Waals surface area contributed by atoms with Crippen LogP contribution in [0.25, 0.3) is 0 Å². The predicted octanol–water partition coefficient (Wildman–Crippen LogP) is 1.95. The number of rotatable bonds is 4. The maximum absolute atomic E-state index is 11.9. The van der Waals surface area contributed by atoms with Gasteiger partial charge in [-0.05, 0) is 43.9 Å². The van der Waals surface area contributed by atoms with Gasteiger partial charge in [0.05, 0.1) is 0 Å². The molecule has 3 rings (SSSR count). The van der Waals surface area contributed by atoms with Gasteiger partial charge in [0.25, 0.3) is 5.91 Å². The second-order valence-electron chi connectivity index (χ2n) is 5.44. The first-order valence-electron chi connectivity index (χ1n) is 6.87. The fraction of sp³-hybridized carbons (Fsp3) is 0.571. The summed E-state index contributed by atoms with van der Waals surface area (Å²) in [7, 11) is 0. The number of hydrogen-bond acceptors (Lipinski definition) is 3. The van der Waals surface area contributed by atoms with Crippen molar-refractivity contribution in [2.24, 2.45) is 5.92 Å². The smallest absolute Gasteiger partial charge is 0.269 e. The molecule has 1 saturated heterocycles.